The highest BCUT2D eigenvalue weighted by molar-refractivity contribution is 5.96. The van der Waals surface area contributed by atoms with E-state index < -0.39 is 0 Å². The lowest BCUT2D eigenvalue weighted by atomic mass is 9.96. The highest BCUT2D eigenvalue weighted by atomic mass is 16.3. The Morgan fingerprint density at radius 3 is 2.62 bits per heavy atom. The van der Waals surface area contributed by atoms with Crippen LogP contribution in [0.25, 0.3) is 11.0 Å². The second-order valence-electron chi connectivity index (χ2n) is 5.62. The number of hydrogen-bond donors (Lipinski definition) is 1. The summed E-state index contributed by atoms with van der Waals surface area (Å²) < 4.78 is 5.66. The van der Waals surface area contributed by atoms with Gasteiger partial charge in [0.05, 0.1) is 0 Å². The second kappa shape index (κ2) is 5.24. The maximum atomic E-state index is 12.4. The van der Waals surface area contributed by atoms with E-state index in [1.54, 1.807) is 11.0 Å². The van der Waals surface area contributed by atoms with Gasteiger partial charge < -0.3 is 15.1 Å². The molecule has 2 N–H and O–H groups in total. The number of carbonyl (C=O) groups excluding carboxylic acids is 2. The summed E-state index contributed by atoms with van der Waals surface area (Å²) in [6.45, 7) is 3.07. The molecule has 2 heterocycles. The van der Waals surface area contributed by atoms with E-state index in [9.17, 15) is 9.59 Å². The number of piperidine rings is 1. The molecule has 21 heavy (non-hydrogen) atoms. The molecule has 1 aliphatic heterocycles. The van der Waals surface area contributed by atoms with Gasteiger partial charge in [-0.25, -0.2) is 0 Å². The zero-order chi connectivity index (χ0) is 15.0. The largest absolute Gasteiger partial charge is 0.451 e. The van der Waals surface area contributed by atoms with E-state index >= 15 is 0 Å². The first kappa shape index (κ1) is 13.7. The number of carbonyl (C=O) groups is 2. The van der Waals surface area contributed by atoms with Crippen LogP contribution < -0.4 is 5.73 Å². The molecule has 1 aromatic heterocycles. The molecular weight excluding hydrogens is 268 g/mol. The number of rotatable bonds is 2. The quantitative estimate of drug-likeness (QED) is 0.918. The lowest BCUT2D eigenvalue weighted by molar-refractivity contribution is -0.123. The summed E-state index contributed by atoms with van der Waals surface area (Å²) in [5, 5.41) is 0.927. The molecule has 2 aromatic rings. The molecule has 3 rings (SSSR count). The molecule has 0 atom stereocenters. The number of likely N-dealkylation sites (tertiary alicyclic amines) is 1. The first-order valence-corrected chi connectivity index (χ1v) is 7.13. The van der Waals surface area contributed by atoms with Gasteiger partial charge in [-0.1, -0.05) is 12.1 Å². The predicted octanol–water partition coefficient (Wildman–Crippen LogP) is 2.08. The van der Waals surface area contributed by atoms with Gasteiger partial charge in [-0.2, -0.15) is 0 Å². The van der Waals surface area contributed by atoms with Crippen LogP contribution in [-0.4, -0.2) is 29.8 Å². The van der Waals surface area contributed by atoms with Gasteiger partial charge in [0.1, 0.15) is 5.58 Å². The monoisotopic (exact) mass is 286 g/mol. The first-order valence-electron chi connectivity index (χ1n) is 7.13. The second-order valence-corrected chi connectivity index (χ2v) is 5.62. The molecule has 0 bridgehead atoms. The number of nitrogens with zero attached hydrogens (tertiary/aromatic N) is 1. The summed E-state index contributed by atoms with van der Waals surface area (Å²) in [5.74, 6) is -0.159. The van der Waals surface area contributed by atoms with Crippen molar-refractivity contribution in [3.05, 3.63) is 35.6 Å². The highest BCUT2D eigenvalue weighted by Crippen LogP contribution is 2.24. The summed E-state index contributed by atoms with van der Waals surface area (Å²) in [6.07, 6.45) is 1.25. The van der Waals surface area contributed by atoms with Gasteiger partial charge in [-0.3, -0.25) is 9.59 Å². The van der Waals surface area contributed by atoms with Crippen LogP contribution in [-0.2, 0) is 4.79 Å². The lowest BCUT2D eigenvalue weighted by Crippen LogP contribution is -2.41. The van der Waals surface area contributed by atoms with Gasteiger partial charge in [0.2, 0.25) is 5.91 Å². The van der Waals surface area contributed by atoms with Crippen LogP contribution in [0.1, 0.15) is 29.0 Å². The summed E-state index contributed by atoms with van der Waals surface area (Å²) in [4.78, 5) is 25.3. The van der Waals surface area contributed by atoms with Crippen molar-refractivity contribution in [1.29, 1.82) is 0 Å². The van der Waals surface area contributed by atoms with Crippen LogP contribution in [0.3, 0.4) is 0 Å². The average molecular weight is 286 g/mol. The van der Waals surface area contributed by atoms with Gasteiger partial charge in [0.25, 0.3) is 5.91 Å². The van der Waals surface area contributed by atoms with Crippen LogP contribution in [0.2, 0.25) is 0 Å². The van der Waals surface area contributed by atoms with E-state index in [1.165, 1.54) is 0 Å². The first-order chi connectivity index (χ1) is 10.0. The van der Waals surface area contributed by atoms with Crippen LogP contribution in [0, 0.1) is 12.8 Å². The van der Waals surface area contributed by atoms with Gasteiger partial charge >= 0.3 is 0 Å². The van der Waals surface area contributed by atoms with Crippen molar-refractivity contribution in [2.75, 3.05) is 13.1 Å². The van der Waals surface area contributed by atoms with Crippen LogP contribution in [0.4, 0.5) is 0 Å². The van der Waals surface area contributed by atoms with Crippen LogP contribution in [0.5, 0.6) is 0 Å². The van der Waals surface area contributed by atoms with Gasteiger partial charge in [0.15, 0.2) is 5.76 Å². The van der Waals surface area contributed by atoms with E-state index in [2.05, 4.69) is 0 Å². The van der Waals surface area contributed by atoms with Crippen molar-refractivity contribution in [2.24, 2.45) is 11.7 Å². The Morgan fingerprint density at radius 2 is 1.95 bits per heavy atom. The third kappa shape index (κ3) is 2.63. The van der Waals surface area contributed by atoms with Crippen molar-refractivity contribution in [2.45, 2.75) is 19.8 Å². The standard InChI is InChI=1S/C16H18N2O3/c1-10-2-3-12-9-14(21-13(12)8-10)16(20)18-6-4-11(5-7-18)15(17)19/h2-3,8-9,11H,4-7H2,1H3,(H2,17,19). The number of furan rings is 1. The number of aryl methyl sites for hydroxylation is 1. The van der Waals surface area contributed by atoms with Crippen molar-refractivity contribution >= 4 is 22.8 Å². The summed E-state index contributed by atoms with van der Waals surface area (Å²) in [5.41, 5.74) is 7.13. The minimum absolute atomic E-state index is 0.118. The Hall–Kier alpha value is -2.30. The van der Waals surface area contributed by atoms with Crippen molar-refractivity contribution < 1.29 is 14.0 Å². The van der Waals surface area contributed by atoms with E-state index in [0.29, 0.717) is 31.7 Å². The topological polar surface area (TPSA) is 76.5 Å². The lowest BCUT2D eigenvalue weighted by Gasteiger charge is -2.29. The Balaban J connectivity index is 1.76. The minimum atomic E-state index is -0.277. The van der Waals surface area contributed by atoms with E-state index in [-0.39, 0.29) is 17.7 Å². The Bertz CT molecular complexity index is 697. The van der Waals surface area contributed by atoms with Crippen LogP contribution >= 0.6 is 0 Å². The molecule has 0 aliphatic carbocycles. The molecule has 0 radical (unpaired) electrons. The third-order valence-electron chi connectivity index (χ3n) is 4.07. The molecule has 2 amide bonds. The van der Waals surface area contributed by atoms with Crippen LogP contribution in [0.15, 0.2) is 28.7 Å². The number of amides is 2. The zero-order valence-electron chi connectivity index (χ0n) is 12.0. The Morgan fingerprint density at radius 1 is 1.24 bits per heavy atom. The molecule has 1 aliphatic rings. The van der Waals surface area contributed by atoms with Crippen molar-refractivity contribution in [1.82, 2.24) is 4.90 Å². The molecule has 5 nitrogen and oxygen atoms in total. The fourth-order valence-electron chi connectivity index (χ4n) is 2.77. The normalized spacial score (nSPS) is 16.3. The molecule has 5 heteroatoms. The van der Waals surface area contributed by atoms with Gasteiger partial charge in [-0.05, 0) is 37.5 Å². The van der Waals surface area contributed by atoms with Gasteiger partial charge in [0, 0.05) is 24.4 Å². The average Bonchev–Trinajstić information content (AvgIpc) is 2.89. The van der Waals surface area contributed by atoms with Crippen molar-refractivity contribution in [3.8, 4) is 0 Å². The fourth-order valence-corrected chi connectivity index (χ4v) is 2.77. The van der Waals surface area contributed by atoms with Gasteiger partial charge in [-0.15, -0.1) is 0 Å². The van der Waals surface area contributed by atoms with E-state index in [4.69, 9.17) is 10.2 Å². The molecule has 0 unspecified atom stereocenters. The molecular formula is C16H18N2O3. The smallest absolute Gasteiger partial charge is 0.289 e. The summed E-state index contributed by atoms with van der Waals surface area (Å²) in [7, 11) is 0. The number of nitrogens with two attached hydrogens (primary N) is 1. The fraction of sp³-hybridized carbons (Fsp3) is 0.375. The molecule has 0 spiro atoms. The summed E-state index contributed by atoms with van der Waals surface area (Å²) in [6, 6.07) is 7.64. The Labute approximate surface area is 122 Å². The Kier molecular flexibility index (Phi) is 3.41. The molecule has 1 saturated heterocycles. The molecule has 1 aromatic carbocycles. The molecule has 1 fully saturated rings. The number of benzene rings is 1. The minimum Gasteiger partial charge on any atom is -0.451 e. The summed E-state index contributed by atoms with van der Waals surface area (Å²) >= 11 is 0. The zero-order valence-corrected chi connectivity index (χ0v) is 12.0. The van der Waals surface area contributed by atoms with E-state index in [0.717, 1.165) is 16.5 Å². The van der Waals surface area contributed by atoms with E-state index in [1.807, 2.05) is 25.1 Å². The molecule has 0 saturated carbocycles. The highest BCUT2D eigenvalue weighted by Gasteiger charge is 2.27. The molecule has 110 valence electrons. The maximum absolute atomic E-state index is 12.4. The number of primary amides is 1. The SMILES string of the molecule is Cc1ccc2cc(C(=O)N3CCC(C(N)=O)CC3)oc2c1. The van der Waals surface area contributed by atoms with Crippen molar-refractivity contribution in [3.63, 3.8) is 0 Å². The maximum Gasteiger partial charge on any atom is 0.289 e. The number of fused-ring (bicyclic) bond motifs is 1. The number of hydrogen-bond acceptors (Lipinski definition) is 3. The predicted molar refractivity (Wildman–Crippen MR) is 78.8 cm³/mol. The third-order valence-corrected chi connectivity index (χ3v) is 4.07.